The quantitative estimate of drug-likeness (QED) is 0.661. The molecule has 0 spiro atoms. The van der Waals surface area contributed by atoms with Gasteiger partial charge in [-0.05, 0) is 48.1 Å². The zero-order valence-electron chi connectivity index (χ0n) is 17.2. The molecule has 2 aliphatic rings. The van der Waals surface area contributed by atoms with Crippen molar-refractivity contribution >= 4 is 11.6 Å². The highest BCUT2D eigenvalue weighted by Crippen LogP contribution is 2.40. The SMILES string of the molecule is COC1(c2ccc(Cl)c(Cc3ccc(COC4CC4)cc3)c2)CC(O)CC(CO)O1. The van der Waals surface area contributed by atoms with E-state index in [1.165, 1.54) is 18.4 Å². The minimum atomic E-state index is -1.10. The lowest BCUT2D eigenvalue weighted by Gasteiger charge is -2.42. The highest BCUT2D eigenvalue weighted by Gasteiger charge is 2.43. The number of methoxy groups -OCH3 is 1. The number of ether oxygens (including phenoxy) is 3. The highest BCUT2D eigenvalue weighted by molar-refractivity contribution is 6.31. The van der Waals surface area contributed by atoms with Crippen molar-refractivity contribution in [3.05, 3.63) is 69.7 Å². The summed E-state index contributed by atoms with van der Waals surface area (Å²) in [5, 5.41) is 20.5. The van der Waals surface area contributed by atoms with Crippen LogP contribution in [0.5, 0.6) is 0 Å². The summed E-state index contributed by atoms with van der Waals surface area (Å²) >= 11 is 6.49. The van der Waals surface area contributed by atoms with E-state index >= 15 is 0 Å². The minimum absolute atomic E-state index is 0.167. The third-order valence-electron chi connectivity index (χ3n) is 5.84. The van der Waals surface area contributed by atoms with Crippen LogP contribution in [0.1, 0.15) is 47.9 Å². The van der Waals surface area contributed by atoms with Crippen LogP contribution in [0, 0.1) is 0 Å². The van der Waals surface area contributed by atoms with Gasteiger partial charge >= 0.3 is 0 Å². The maximum atomic E-state index is 10.3. The Labute approximate surface area is 182 Å². The normalized spacial score (nSPS) is 26.7. The molecule has 6 heteroatoms. The van der Waals surface area contributed by atoms with Crippen LogP contribution in [0.2, 0.25) is 5.02 Å². The van der Waals surface area contributed by atoms with E-state index in [-0.39, 0.29) is 6.61 Å². The average Bonchev–Trinajstić information content (AvgIpc) is 3.58. The smallest absolute Gasteiger partial charge is 0.197 e. The molecule has 0 bridgehead atoms. The van der Waals surface area contributed by atoms with Gasteiger partial charge in [-0.1, -0.05) is 41.9 Å². The molecule has 162 valence electrons. The molecular formula is C24H29ClO5. The van der Waals surface area contributed by atoms with Crippen LogP contribution in [0.4, 0.5) is 0 Å². The molecule has 5 nitrogen and oxygen atoms in total. The monoisotopic (exact) mass is 432 g/mol. The summed E-state index contributed by atoms with van der Waals surface area (Å²) in [7, 11) is 1.56. The van der Waals surface area contributed by atoms with Crippen molar-refractivity contribution in [3.8, 4) is 0 Å². The standard InChI is InChI=1S/C24H29ClO5/c1-28-24(13-20(27)12-22(14-26)30-24)19-6-9-23(25)18(11-19)10-16-2-4-17(5-3-16)15-29-21-7-8-21/h2-6,9,11,20-22,26-27H,7-8,10,12-15H2,1H3. The van der Waals surface area contributed by atoms with Crippen molar-refractivity contribution in [3.63, 3.8) is 0 Å². The molecule has 0 amide bonds. The van der Waals surface area contributed by atoms with Crippen molar-refractivity contribution < 1.29 is 24.4 Å². The molecule has 1 aliphatic carbocycles. The number of benzene rings is 2. The maximum Gasteiger partial charge on any atom is 0.197 e. The molecule has 1 aliphatic heterocycles. The van der Waals surface area contributed by atoms with Crippen LogP contribution in [0.15, 0.2) is 42.5 Å². The summed E-state index contributed by atoms with van der Waals surface area (Å²) < 4.78 is 17.5. The van der Waals surface area contributed by atoms with Crippen molar-refractivity contribution in [2.45, 2.75) is 62.8 Å². The van der Waals surface area contributed by atoms with Gasteiger partial charge in [0.25, 0.3) is 0 Å². The molecule has 2 N–H and O–H groups in total. The number of hydrogen-bond donors (Lipinski definition) is 2. The van der Waals surface area contributed by atoms with Gasteiger partial charge in [0.15, 0.2) is 5.79 Å². The molecule has 2 aromatic rings. The second-order valence-corrected chi connectivity index (χ2v) is 8.69. The fourth-order valence-electron chi connectivity index (χ4n) is 3.98. The molecule has 1 heterocycles. The second kappa shape index (κ2) is 9.35. The molecule has 0 radical (unpaired) electrons. The Morgan fingerprint density at radius 2 is 1.87 bits per heavy atom. The minimum Gasteiger partial charge on any atom is -0.394 e. The van der Waals surface area contributed by atoms with Crippen LogP contribution < -0.4 is 0 Å². The molecule has 1 saturated carbocycles. The van der Waals surface area contributed by atoms with Crippen molar-refractivity contribution in [1.82, 2.24) is 0 Å². The zero-order valence-corrected chi connectivity index (χ0v) is 18.0. The van der Waals surface area contributed by atoms with E-state index in [0.29, 0.717) is 37.0 Å². The lowest BCUT2D eigenvalue weighted by Crippen LogP contribution is -2.46. The van der Waals surface area contributed by atoms with Crippen LogP contribution in [-0.2, 0) is 33.0 Å². The Hall–Kier alpha value is -1.47. The average molecular weight is 433 g/mol. The third-order valence-corrected chi connectivity index (χ3v) is 6.21. The first-order valence-corrected chi connectivity index (χ1v) is 10.9. The Kier molecular flexibility index (Phi) is 6.78. The number of aliphatic hydroxyl groups excluding tert-OH is 2. The third kappa shape index (κ3) is 5.05. The molecule has 3 atom stereocenters. The van der Waals surface area contributed by atoms with Gasteiger partial charge in [0, 0.05) is 30.5 Å². The Bertz CT molecular complexity index is 851. The fraction of sp³-hybridized carbons (Fsp3) is 0.500. The topological polar surface area (TPSA) is 68.2 Å². The predicted octanol–water partition coefficient (Wildman–Crippen LogP) is 3.94. The van der Waals surface area contributed by atoms with E-state index in [4.69, 9.17) is 25.8 Å². The summed E-state index contributed by atoms with van der Waals surface area (Å²) in [5.74, 6) is -1.10. The first-order valence-electron chi connectivity index (χ1n) is 10.5. The Morgan fingerprint density at radius 1 is 1.13 bits per heavy atom. The molecule has 30 heavy (non-hydrogen) atoms. The molecule has 2 fully saturated rings. The van der Waals surface area contributed by atoms with Gasteiger partial charge < -0.3 is 24.4 Å². The molecule has 1 saturated heterocycles. The van der Waals surface area contributed by atoms with Gasteiger partial charge in [0.2, 0.25) is 0 Å². The van der Waals surface area contributed by atoms with E-state index in [1.54, 1.807) is 7.11 Å². The van der Waals surface area contributed by atoms with Gasteiger partial charge in [-0.3, -0.25) is 0 Å². The van der Waals surface area contributed by atoms with E-state index in [2.05, 4.69) is 24.3 Å². The lowest BCUT2D eigenvalue weighted by atomic mass is 9.91. The largest absolute Gasteiger partial charge is 0.394 e. The van der Waals surface area contributed by atoms with E-state index < -0.39 is 18.0 Å². The van der Waals surface area contributed by atoms with Crippen LogP contribution in [0.3, 0.4) is 0 Å². The summed E-state index contributed by atoms with van der Waals surface area (Å²) in [6.07, 6.45) is 3.08. The number of halogens is 1. The van der Waals surface area contributed by atoms with Crippen LogP contribution >= 0.6 is 11.6 Å². The molecular weight excluding hydrogens is 404 g/mol. The summed E-state index contributed by atoms with van der Waals surface area (Å²) in [6.45, 7) is 0.489. The van der Waals surface area contributed by atoms with E-state index in [0.717, 1.165) is 16.7 Å². The van der Waals surface area contributed by atoms with E-state index in [1.807, 2.05) is 18.2 Å². The van der Waals surface area contributed by atoms with Crippen LogP contribution in [-0.4, -0.2) is 42.2 Å². The van der Waals surface area contributed by atoms with Crippen molar-refractivity contribution in [2.24, 2.45) is 0 Å². The van der Waals surface area contributed by atoms with Gasteiger partial charge in [-0.25, -0.2) is 0 Å². The summed E-state index contributed by atoms with van der Waals surface area (Å²) in [4.78, 5) is 0. The van der Waals surface area contributed by atoms with Gasteiger partial charge in [-0.2, -0.15) is 0 Å². The van der Waals surface area contributed by atoms with Crippen molar-refractivity contribution in [2.75, 3.05) is 13.7 Å². The van der Waals surface area contributed by atoms with Gasteiger partial charge in [0.05, 0.1) is 31.5 Å². The zero-order chi connectivity index (χ0) is 21.1. The number of aliphatic hydroxyl groups is 2. The van der Waals surface area contributed by atoms with Gasteiger partial charge in [0.1, 0.15) is 0 Å². The highest BCUT2D eigenvalue weighted by atomic mass is 35.5. The predicted molar refractivity (Wildman–Crippen MR) is 114 cm³/mol. The molecule has 4 rings (SSSR count). The number of hydrogen-bond acceptors (Lipinski definition) is 5. The first kappa shape index (κ1) is 21.8. The Balaban J connectivity index is 1.52. The maximum absolute atomic E-state index is 10.3. The number of rotatable bonds is 8. The van der Waals surface area contributed by atoms with Crippen LogP contribution in [0.25, 0.3) is 0 Å². The fourth-order valence-corrected chi connectivity index (χ4v) is 4.16. The summed E-state index contributed by atoms with van der Waals surface area (Å²) in [6, 6.07) is 14.1. The lowest BCUT2D eigenvalue weighted by molar-refractivity contribution is -0.298. The molecule has 3 unspecified atom stereocenters. The second-order valence-electron chi connectivity index (χ2n) is 8.28. The Morgan fingerprint density at radius 3 is 2.53 bits per heavy atom. The first-order chi connectivity index (χ1) is 14.5. The summed E-state index contributed by atoms with van der Waals surface area (Å²) in [5.41, 5.74) is 4.06. The van der Waals surface area contributed by atoms with E-state index in [9.17, 15) is 10.2 Å². The molecule has 2 aromatic carbocycles. The molecule has 0 aromatic heterocycles. The van der Waals surface area contributed by atoms with Crippen molar-refractivity contribution in [1.29, 1.82) is 0 Å². The van der Waals surface area contributed by atoms with Gasteiger partial charge in [-0.15, -0.1) is 0 Å².